The number of aromatic nitrogens is 1. The average molecular weight is 332 g/mol. The van der Waals surface area contributed by atoms with E-state index in [2.05, 4.69) is 5.32 Å². The van der Waals surface area contributed by atoms with Gasteiger partial charge in [-0.15, -0.1) is 0 Å². The number of amides is 1. The summed E-state index contributed by atoms with van der Waals surface area (Å²) in [5.41, 5.74) is 1.18. The summed E-state index contributed by atoms with van der Waals surface area (Å²) in [4.78, 5) is 24.3. The monoisotopic (exact) mass is 332 g/mol. The lowest BCUT2D eigenvalue weighted by molar-refractivity contribution is -0.119. The van der Waals surface area contributed by atoms with Gasteiger partial charge in [0.2, 0.25) is 5.91 Å². The Morgan fingerprint density at radius 3 is 2.75 bits per heavy atom. The fraction of sp³-hybridized carbons (Fsp3) is 0.412. The highest BCUT2D eigenvalue weighted by molar-refractivity contribution is 5.89. The summed E-state index contributed by atoms with van der Waals surface area (Å²) < 4.78 is 17.8. The van der Waals surface area contributed by atoms with Crippen LogP contribution in [0.3, 0.4) is 0 Å². The normalized spacial score (nSPS) is 14.9. The van der Waals surface area contributed by atoms with Crippen molar-refractivity contribution >= 4 is 16.8 Å². The number of rotatable bonds is 5. The molecule has 1 amide bonds. The van der Waals surface area contributed by atoms with Crippen LogP contribution >= 0.6 is 0 Å². The molecule has 0 unspecified atom stereocenters. The van der Waals surface area contributed by atoms with E-state index < -0.39 is 6.29 Å². The molecule has 1 aliphatic heterocycles. The molecule has 1 saturated heterocycles. The molecule has 0 aliphatic carbocycles. The molecule has 24 heavy (non-hydrogen) atoms. The minimum atomic E-state index is -0.443. The van der Waals surface area contributed by atoms with Crippen LogP contribution in [0.5, 0.6) is 5.75 Å². The van der Waals surface area contributed by atoms with Gasteiger partial charge in [0.05, 0.1) is 38.8 Å². The molecule has 0 radical (unpaired) electrons. The first-order chi connectivity index (χ1) is 11.6. The van der Waals surface area contributed by atoms with Crippen LogP contribution in [0.2, 0.25) is 0 Å². The van der Waals surface area contributed by atoms with Crippen molar-refractivity contribution in [3.8, 4) is 5.75 Å². The minimum Gasteiger partial charge on any atom is -0.497 e. The predicted octanol–water partition coefficient (Wildman–Crippen LogP) is 0.671. The number of benzene rings is 1. The number of nitrogens with one attached hydrogen (secondary N) is 1. The maximum Gasteiger partial charge on any atom is 0.251 e. The molecule has 0 atom stereocenters. The largest absolute Gasteiger partial charge is 0.497 e. The summed E-state index contributed by atoms with van der Waals surface area (Å²) in [6.07, 6.45) is -0.298. The van der Waals surface area contributed by atoms with Gasteiger partial charge in [0.25, 0.3) is 5.56 Å². The van der Waals surface area contributed by atoms with Gasteiger partial charge in [-0.3, -0.25) is 9.59 Å². The number of hydrogen-bond donors (Lipinski definition) is 1. The molecule has 0 bridgehead atoms. The van der Waals surface area contributed by atoms with E-state index in [9.17, 15) is 9.59 Å². The number of likely N-dealkylation sites (N-methyl/N-ethyl adjacent to an activating group) is 1. The lowest BCUT2D eigenvalue weighted by atomic mass is 10.0. The molecule has 1 aromatic carbocycles. The molecule has 2 heterocycles. The third-order valence-electron chi connectivity index (χ3n) is 4.06. The zero-order valence-electron chi connectivity index (χ0n) is 13.7. The molecule has 7 heteroatoms. The number of ether oxygens (including phenoxy) is 3. The van der Waals surface area contributed by atoms with Crippen molar-refractivity contribution in [1.82, 2.24) is 9.88 Å². The quantitative estimate of drug-likeness (QED) is 0.871. The van der Waals surface area contributed by atoms with E-state index in [0.717, 1.165) is 5.39 Å². The smallest absolute Gasteiger partial charge is 0.251 e. The fourth-order valence-corrected chi connectivity index (χ4v) is 2.81. The van der Waals surface area contributed by atoms with Crippen molar-refractivity contribution in [2.45, 2.75) is 19.3 Å². The summed E-state index contributed by atoms with van der Waals surface area (Å²) in [5, 5.41) is 3.41. The molecule has 128 valence electrons. The third kappa shape index (κ3) is 3.27. The molecule has 7 nitrogen and oxygen atoms in total. The first kappa shape index (κ1) is 16.5. The molecule has 2 aromatic rings. The Balaban J connectivity index is 2.12. The maximum atomic E-state index is 12.6. The number of fused-ring (bicyclic) bond motifs is 1. The average Bonchev–Trinajstić information content (AvgIpc) is 3.10. The Morgan fingerprint density at radius 2 is 2.08 bits per heavy atom. The summed E-state index contributed by atoms with van der Waals surface area (Å²) in [6.45, 7) is 1.34. The number of pyridine rings is 1. The van der Waals surface area contributed by atoms with E-state index in [4.69, 9.17) is 14.2 Å². The van der Waals surface area contributed by atoms with Crippen molar-refractivity contribution in [2.75, 3.05) is 27.4 Å². The molecule has 0 spiro atoms. The van der Waals surface area contributed by atoms with E-state index in [0.29, 0.717) is 36.6 Å². The Morgan fingerprint density at radius 1 is 1.33 bits per heavy atom. The van der Waals surface area contributed by atoms with Crippen LogP contribution in [0.15, 0.2) is 29.1 Å². The molecule has 3 rings (SSSR count). The first-order valence-electron chi connectivity index (χ1n) is 7.76. The maximum absolute atomic E-state index is 12.6. The lowest BCUT2D eigenvalue weighted by Crippen LogP contribution is -2.28. The van der Waals surface area contributed by atoms with E-state index in [1.807, 2.05) is 12.1 Å². The Labute approximate surface area is 139 Å². The number of carbonyl (C=O) groups is 1. The van der Waals surface area contributed by atoms with Gasteiger partial charge in [-0.1, -0.05) is 0 Å². The van der Waals surface area contributed by atoms with Crippen LogP contribution in [0.25, 0.3) is 10.9 Å². The third-order valence-corrected chi connectivity index (χ3v) is 4.06. The van der Waals surface area contributed by atoms with Crippen LogP contribution in [0.4, 0.5) is 0 Å². The standard InChI is InChI=1S/C17H20N2O5/c1-18-15(20)7-11-8-16(21)19(10-17-23-5-6-24-17)14-9-12(22-2)3-4-13(11)14/h3-4,8-9,17H,5-7,10H2,1-2H3,(H,18,20). The zero-order valence-corrected chi connectivity index (χ0v) is 13.7. The van der Waals surface area contributed by atoms with Crippen LogP contribution in [-0.2, 0) is 27.2 Å². The summed E-state index contributed by atoms with van der Waals surface area (Å²) >= 11 is 0. The van der Waals surface area contributed by atoms with Crippen LogP contribution in [0.1, 0.15) is 5.56 Å². The van der Waals surface area contributed by atoms with E-state index in [-0.39, 0.29) is 17.9 Å². The molecular weight excluding hydrogens is 312 g/mol. The van der Waals surface area contributed by atoms with Gasteiger partial charge in [0, 0.05) is 24.6 Å². The van der Waals surface area contributed by atoms with Gasteiger partial charge in [-0.25, -0.2) is 0 Å². The van der Waals surface area contributed by atoms with Gasteiger partial charge in [0.15, 0.2) is 6.29 Å². The summed E-state index contributed by atoms with van der Waals surface area (Å²) in [7, 11) is 3.14. The lowest BCUT2D eigenvalue weighted by Gasteiger charge is -2.17. The van der Waals surface area contributed by atoms with Crippen LogP contribution in [-0.4, -0.2) is 44.1 Å². The highest BCUT2D eigenvalue weighted by Crippen LogP contribution is 2.24. The SMILES string of the molecule is CNC(=O)Cc1cc(=O)n(CC2OCCO2)c2cc(OC)ccc12. The van der Waals surface area contributed by atoms with Crippen molar-refractivity contribution in [3.05, 3.63) is 40.2 Å². The van der Waals surface area contributed by atoms with Crippen molar-refractivity contribution in [2.24, 2.45) is 0 Å². The number of methoxy groups -OCH3 is 1. The number of carbonyl (C=O) groups excluding carboxylic acids is 1. The van der Waals surface area contributed by atoms with Crippen LogP contribution in [0, 0.1) is 0 Å². The predicted molar refractivity (Wildman–Crippen MR) is 88.2 cm³/mol. The second-order valence-corrected chi connectivity index (χ2v) is 5.52. The van der Waals surface area contributed by atoms with Gasteiger partial charge in [-0.2, -0.15) is 0 Å². The topological polar surface area (TPSA) is 78.8 Å². The van der Waals surface area contributed by atoms with Crippen molar-refractivity contribution < 1.29 is 19.0 Å². The van der Waals surface area contributed by atoms with Gasteiger partial charge >= 0.3 is 0 Å². The van der Waals surface area contributed by atoms with Gasteiger partial charge in [-0.05, 0) is 17.7 Å². The summed E-state index contributed by atoms with van der Waals surface area (Å²) in [5.74, 6) is 0.493. The minimum absolute atomic E-state index is 0.145. The Bertz CT molecular complexity index is 808. The molecular formula is C17H20N2O5. The van der Waals surface area contributed by atoms with E-state index in [1.165, 1.54) is 6.07 Å². The van der Waals surface area contributed by atoms with Gasteiger partial charge < -0.3 is 24.1 Å². The van der Waals surface area contributed by atoms with E-state index in [1.54, 1.807) is 24.8 Å². The molecule has 1 aromatic heterocycles. The molecule has 1 N–H and O–H groups in total. The highest BCUT2D eigenvalue weighted by Gasteiger charge is 2.20. The Hall–Kier alpha value is -2.38. The first-order valence-corrected chi connectivity index (χ1v) is 7.76. The van der Waals surface area contributed by atoms with Crippen molar-refractivity contribution in [3.63, 3.8) is 0 Å². The molecule has 0 saturated carbocycles. The second kappa shape index (κ2) is 7.02. The fourth-order valence-electron chi connectivity index (χ4n) is 2.81. The number of hydrogen-bond acceptors (Lipinski definition) is 5. The second-order valence-electron chi connectivity index (χ2n) is 5.52. The van der Waals surface area contributed by atoms with E-state index >= 15 is 0 Å². The van der Waals surface area contributed by atoms with Crippen LogP contribution < -0.4 is 15.6 Å². The zero-order chi connectivity index (χ0) is 17.1. The molecule has 1 aliphatic rings. The van der Waals surface area contributed by atoms with Gasteiger partial charge in [0.1, 0.15) is 5.75 Å². The highest BCUT2D eigenvalue weighted by atomic mass is 16.7. The van der Waals surface area contributed by atoms with Crippen molar-refractivity contribution in [1.29, 1.82) is 0 Å². The number of nitrogens with zero attached hydrogens (tertiary/aromatic N) is 1. The summed E-state index contributed by atoms with van der Waals surface area (Å²) in [6, 6.07) is 6.96. The Kier molecular flexibility index (Phi) is 4.82. The molecule has 1 fully saturated rings.